The van der Waals surface area contributed by atoms with Crippen molar-refractivity contribution in [2.75, 3.05) is 37.8 Å². The number of imidazole rings is 1. The van der Waals surface area contributed by atoms with E-state index in [2.05, 4.69) is 82.6 Å². The van der Waals surface area contributed by atoms with Crippen LogP contribution in [-0.4, -0.2) is 87.1 Å². The maximum absolute atomic E-state index is 13.1. The van der Waals surface area contributed by atoms with Gasteiger partial charge in [0.05, 0.1) is 32.3 Å². The topological polar surface area (TPSA) is 113 Å². The highest BCUT2D eigenvalue weighted by Crippen LogP contribution is 2.43. The van der Waals surface area contributed by atoms with Crippen LogP contribution in [0.4, 0.5) is 5.95 Å². The lowest BCUT2D eigenvalue weighted by atomic mass is 10.0. The average molecular weight is 622 g/mol. The van der Waals surface area contributed by atoms with Crippen molar-refractivity contribution in [3.8, 4) is 0 Å². The third kappa shape index (κ3) is 6.15. The van der Waals surface area contributed by atoms with Gasteiger partial charge in [0.2, 0.25) is 5.95 Å². The number of nitrogens with zero attached hydrogens (tertiary/aromatic N) is 4. The molecule has 0 unspecified atom stereocenters. The first-order valence-electron chi connectivity index (χ1n) is 15.4. The van der Waals surface area contributed by atoms with Gasteiger partial charge in [0.1, 0.15) is 12.3 Å². The van der Waals surface area contributed by atoms with Gasteiger partial charge in [-0.1, -0.05) is 41.5 Å². The number of nitrogens with one attached hydrogen (secondary N) is 1. The van der Waals surface area contributed by atoms with E-state index in [0.29, 0.717) is 56.4 Å². The van der Waals surface area contributed by atoms with Crippen LogP contribution < -0.4 is 10.5 Å². The first-order chi connectivity index (χ1) is 19.4. The molecule has 11 nitrogen and oxygen atoms in total. The van der Waals surface area contributed by atoms with Gasteiger partial charge in [-0.25, -0.2) is 4.98 Å². The molecule has 3 aliphatic rings. The highest BCUT2D eigenvalue weighted by atomic mass is 28.4. The number of aromatic amines is 1. The predicted molar refractivity (Wildman–Crippen MR) is 168 cm³/mol. The molecule has 3 saturated heterocycles. The molecular formula is C29H51N5O6Si2. The third-order valence-electron chi connectivity index (χ3n) is 10.2. The van der Waals surface area contributed by atoms with E-state index in [4.69, 9.17) is 28.0 Å². The Kier molecular flexibility index (Phi) is 8.38. The minimum atomic E-state index is -2.09. The van der Waals surface area contributed by atoms with E-state index >= 15 is 0 Å². The van der Waals surface area contributed by atoms with Gasteiger partial charge in [-0.2, -0.15) is 4.98 Å². The van der Waals surface area contributed by atoms with Crippen LogP contribution in [0.3, 0.4) is 0 Å². The molecule has 2 aromatic heterocycles. The summed E-state index contributed by atoms with van der Waals surface area (Å²) >= 11 is 0. The van der Waals surface area contributed by atoms with Gasteiger partial charge in [-0.15, -0.1) is 0 Å². The number of aromatic nitrogens is 4. The van der Waals surface area contributed by atoms with E-state index in [1.54, 1.807) is 6.33 Å². The third-order valence-corrected chi connectivity index (χ3v) is 19.2. The highest BCUT2D eigenvalue weighted by Gasteiger charge is 2.47. The fourth-order valence-electron chi connectivity index (χ4n) is 5.33. The summed E-state index contributed by atoms with van der Waals surface area (Å²) in [6.45, 7) is 25.6. The lowest BCUT2D eigenvalue weighted by molar-refractivity contribution is -0.169. The Bertz CT molecular complexity index is 1310. The number of hydrogen-bond donors (Lipinski definition) is 1. The van der Waals surface area contributed by atoms with Crippen molar-refractivity contribution in [2.45, 2.75) is 121 Å². The van der Waals surface area contributed by atoms with E-state index in [9.17, 15) is 4.79 Å². The minimum absolute atomic E-state index is 0.0585. The number of H-pyrrole nitrogens is 1. The van der Waals surface area contributed by atoms with Crippen LogP contribution in [0.2, 0.25) is 36.3 Å². The molecule has 0 radical (unpaired) electrons. The van der Waals surface area contributed by atoms with Crippen molar-refractivity contribution in [3.63, 3.8) is 0 Å². The average Bonchev–Trinajstić information content (AvgIpc) is 3.61. The summed E-state index contributed by atoms with van der Waals surface area (Å²) in [7, 11) is -4.09. The monoisotopic (exact) mass is 621 g/mol. The van der Waals surface area contributed by atoms with E-state index in [1.807, 2.05) is 4.57 Å². The second-order valence-electron chi connectivity index (χ2n) is 15.2. The summed E-state index contributed by atoms with van der Waals surface area (Å²) in [5.41, 5.74) is 0.567. The summed E-state index contributed by atoms with van der Waals surface area (Å²) in [4.78, 5) is 27.5. The van der Waals surface area contributed by atoms with Crippen molar-refractivity contribution < 1.29 is 23.1 Å². The molecule has 0 aliphatic carbocycles. The van der Waals surface area contributed by atoms with Gasteiger partial charge in [0.15, 0.2) is 33.6 Å². The summed E-state index contributed by atoms with van der Waals surface area (Å²) in [6.07, 6.45) is 3.02. The second kappa shape index (κ2) is 11.1. The van der Waals surface area contributed by atoms with E-state index in [1.165, 1.54) is 0 Å². The van der Waals surface area contributed by atoms with Gasteiger partial charge in [0.25, 0.3) is 5.56 Å². The zero-order valence-corrected chi connectivity index (χ0v) is 29.2. The zero-order valence-electron chi connectivity index (χ0n) is 27.2. The first-order valence-corrected chi connectivity index (χ1v) is 21.2. The van der Waals surface area contributed by atoms with E-state index in [-0.39, 0.29) is 34.1 Å². The molecule has 3 fully saturated rings. The Morgan fingerprint density at radius 3 is 2.24 bits per heavy atom. The molecule has 236 valence electrons. The zero-order chi connectivity index (χ0) is 30.7. The molecule has 42 heavy (non-hydrogen) atoms. The Morgan fingerprint density at radius 1 is 1.02 bits per heavy atom. The van der Waals surface area contributed by atoms with Gasteiger partial charge < -0.3 is 28.0 Å². The number of ether oxygens (including phenoxy) is 3. The van der Waals surface area contributed by atoms with Crippen LogP contribution in [-0.2, 0) is 23.1 Å². The highest BCUT2D eigenvalue weighted by molar-refractivity contribution is 6.74. The van der Waals surface area contributed by atoms with Gasteiger partial charge in [-0.05, 0) is 36.3 Å². The maximum Gasteiger partial charge on any atom is 0.280 e. The Morgan fingerprint density at radius 2 is 1.64 bits per heavy atom. The molecule has 2 aromatic rings. The van der Waals surface area contributed by atoms with Crippen LogP contribution >= 0.6 is 0 Å². The summed E-state index contributed by atoms with van der Waals surface area (Å²) in [5, 5.41) is 0.149. The Balaban J connectivity index is 1.40. The molecule has 1 N–H and O–H groups in total. The molecule has 3 atom stereocenters. The second-order valence-corrected chi connectivity index (χ2v) is 24.7. The fraction of sp³-hybridized carbons (Fsp3) is 0.828. The number of piperidine rings is 1. The Hall–Kier alpha value is -1.62. The molecule has 0 aromatic carbocycles. The molecule has 3 aliphatic heterocycles. The van der Waals surface area contributed by atoms with Crippen molar-refractivity contribution in [1.29, 1.82) is 0 Å². The quantitative estimate of drug-likeness (QED) is 0.419. The summed E-state index contributed by atoms with van der Waals surface area (Å²) < 4.78 is 34.0. The smallest absolute Gasteiger partial charge is 0.280 e. The summed E-state index contributed by atoms with van der Waals surface area (Å²) in [6, 6.07) is 0. The minimum Gasteiger partial charge on any atom is -0.414 e. The van der Waals surface area contributed by atoms with Gasteiger partial charge in [0, 0.05) is 32.4 Å². The standard InChI is InChI=1S/C29H51N5O6Si2/c1-27(2,3)41(7,8)38-18-21-20(40-42(9,10)28(4,5)6)17-22(39-21)34-19-30-23-24(34)31-26(32-25(23)35)33-13-11-29(12-14-33)36-15-16-37-29/h19-22H,11-18H2,1-10H3,(H,31,32,35)/t20-,21+,22+/m0/s1. The molecule has 0 amide bonds. The maximum atomic E-state index is 13.1. The van der Waals surface area contributed by atoms with Crippen LogP contribution in [0.5, 0.6) is 0 Å². The normalized spacial score (nSPS) is 25.7. The SMILES string of the molecule is CC(C)(C)[Si](C)(C)OC[C@H]1O[C@@H](n2cnc3c(=O)[nH]c(N4CCC5(CC4)OCCO5)nc32)C[C@@H]1O[Si](C)(C)C(C)(C)C. The number of anilines is 1. The molecule has 0 bridgehead atoms. The van der Waals surface area contributed by atoms with Crippen molar-refractivity contribution in [1.82, 2.24) is 19.5 Å². The van der Waals surface area contributed by atoms with Gasteiger partial charge in [-0.3, -0.25) is 14.3 Å². The predicted octanol–water partition coefficient (Wildman–Crippen LogP) is 5.16. The number of fused-ring (bicyclic) bond motifs is 1. The molecule has 1 spiro atoms. The largest absolute Gasteiger partial charge is 0.414 e. The van der Waals surface area contributed by atoms with Crippen LogP contribution in [0, 0.1) is 0 Å². The van der Waals surface area contributed by atoms with Crippen LogP contribution in [0.25, 0.3) is 11.2 Å². The lowest BCUT2D eigenvalue weighted by Crippen LogP contribution is -2.48. The van der Waals surface area contributed by atoms with E-state index < -0.39 is 22.4 Å². The molecular weight excluding hydrogens is 571 g/mol. The molecule has 5 rings (SSSR count). The lowest BCUT2D eigenvalue weighted by Gasteiger charge is -2.40. The van der Waals surface area contributed by atoms with Crippen molar-refractivity contribution >= 4 is 33.7 Å². The first kappa shape index (κ1) is 31.8. The van der Waals surface area contributed by atoms with Crippen LogP contribution in [0.1, 0.15) is 67.0 Å². The van der Waals surface area contributed by atoms with Crippen molar-refractivity contribution in [2.24, 2.45) is 0 Å². The summed E-state index contributed by atoms with van der Waals surface area (Å²) in [5.74, 6) is 0.0352. The van der Waals surface area contributed by atoms with Crippen LogP contribution in [0.15, 0.2) is 11.1 Å². The molecule has 5 heterocycles. The van der Waals surface area contributed by atoms with Crippen molar-refractivity contribution in [3.05, 3.63) is 16.7 Å². The fourth-order valence-corrected chi connectivity index (χ4v) is 7.70. The van der Waals surface area contributed by atoms with E-state index in [0.717, 1.165) is 12.8 Å². The molecule has 13 heteroatoms. The number of hydrogen-bond acceptors (Lipinski definition) is 9. The van der Waals surface area contributed by atoms with Gasteiger partial charge >= 0.3 is 0 Å². The number of rotatable bonds is 7. The Labute approximate surface area is 251 Å². The molecule has 0 saturated carbocycles.